The Bertz CT molecular complexity index is 1160. The summed E-state index contributed by atoms with van der Waals surface area (Å²) in [6.07, 6.45) is 2.30. The van der Waals surface area contributed by atoms with E-state index in [1.54, 1.807) is 24.3 Å². The summed E-state index contributed by atoms with van der Waals surface area (Å²) in [6.45, 7) is 0.168. The van der Waals surface area contributed by atoms with Crippen molar-refractivity contribution >= 4 is 27.8 Å². The van der Waals surface area contributed by atoms with Crippen molar-refractivity contribution in [1.82, 2.24) is 9.21 Å². The lowest BCUT2D eigenvalue weighted by molar-refractivity contribution is 0.0420. The molecule has 0 atom stereocenters. The SMILES string of the molecule is O=C(OCCN1C(=O)c2ccccc2C1=O)c1ccc(F)c(S(=O)(=O)N2CCCCC2)c1. The van der Waals surface area contributed by atoms with E-state index in [1.807, 2.05) is 0 Å². The molecule has 2 aliphatic heterocycles. The first-order valence-corrected chi connectivity index (χ1v) is 11.7. The third-order valence-corrected chi connectivity index (χ3v) is 7.44. The Kier molecular flexibility index (Phi) is 6.07. The molecule has 0 spiro atoms. The molecule has 2 aliphatic rings. The van der Waals surface area contributed by atoms with Crippen LogP contribution >= 0.6 is 0 Å². The van der Waals surface area contributed by atoms with Crippen LogP contribution in [0, 0.1) is 5.82 Å². The van der Waals surface area contributed by atoms with Crippen LogP contribution in [0.5, 0.6) is 0 Å². The van der Waals surface area contributed by atoms with E-state index in [9.17, 15) is 27.2 Å². The van der Waals surface area contributed by atoms with Crippen LogP contribution in [-0.2, 0) is 14.8 Å². The second-order valence-electron chi connectivity index (χ2n) is 7.55. The third kappa shape index (κ3) is 4.03. The highest BCUT2D eigenvalue weighted by molar-refractivity contribution is 7.89. The van der Waals surface area contributed by atoms with Crippen molar-refractivity contribution in [2.45, 2.75) is 24.2 Å². The Labute approximate surface area is 184 Å². The molecule has 0 aliphatic carbocycles. The molecule has 0 N–H and O–H groups in total. The second-order valence-corrected chi connectivity index (χ2v) is 9.46. The Balaban J connectivity index is 1.43. The van der Waals surface area contributed by atoms with Crippen LogP contribution < -0.4 is 0 Å². The van der Waals surface area contributed by atoms with Crippen LogP contribution in [0.4, 0.5) is 4.39 Å². The first-order valence-electron chi connectivity index (χ1n) is 10.2. The van der Waals surface area contributed by atoms with Crippen molar-refractivity contribution in [3.63, 3.8) is 0 Å². The first kappa shape index (κ1) is 22.1. The van der Waals surface area contributed by atoms with Gasteiger partial charge in [-0.2, -0.15) is 4.31 Å². The number of carbonyl (C=O) groups excluding carboxylic acids is 3. The smallest absolute Gasteiger partial charge is 0.338 e. The zero-order valence-corrected chi connectivity index (χ0v) is 17.9. The van der Waals surface area contributed by atoms with Crippen molar-refractivity contribution in [2.75, 3.05) is 26.2 Å². The zero-order valence-electron chi connectivity index (χ0n) is 17.1. The van der Waals surface area contributed by atoms with Crippen molar-refractivity contribution in [1.29, 1.82) is 0 Å². The summed E-state index contributed by atoms with van der Waals surface area (Å²) >= 11 is 0. The lowest BCUT2D eigenvalue weighted by Gasteiger charge is -2.26. The van der Waals surface area contributed by atoms with Gasteiger partial charge in [0.25, 0.3) is 11.8 Å². The normalized spacial score (nSPS) is 16.8. The van der Waals surface area contributed by atoms with Crippen molar-refractivity contribution in [3.05, 3.63) is 65.0 Å². The molecular weight excluding hydrogens is 439 g/mol. The minimum atomic E-state index is -4.07. The first-order chi connectivity index (χ1) is 15.3. The quantitative estimate of drug-likeness (QED) is 0.485. The second kappa shape index (κ2) is 8.79. The third-order valence-electron chi connectivity index (χ3n) is 5.53. The molecule has 10 heteroatoms. The maximum absolute atomic E-state index is 14.3. The molecule has 2 amide bonds. The molecule has 0 radical (unpaired) electrons. The number of nitrogens with zero attached hydrogens (tertiary/aromatic N) is 2. The van der Waals surface area contributed by atoms with Gasteiger partial charge >= 0.3 is 5.97 Å². The molecule has 168 valence electrons. The average Bonchev–Trinajstić information content (AvgIpc) is 3.05. The Hall–Kier alpha value is -3.11. The molecule has 1 fully saturated rings. The Morgan fingerprint density at radius 1 is 0.969 bits per heavy atom. The van der Waals surface area contributed by atoms with E-state index >= 15 is 0 Å². The summed E-state index contributed by atoms with van der Waals surface area (Å²) in [7, 11) is -4.07. The summed E-state index contributed by atoms with van der Waals surface area (Å²) in [5.74, 6) is -2.77. The number of ether oxygens (including phenoxy) is 1. The molecule has 0 aromatic heterocycles. The summed E-state index contributed by atoms with van der Waals surface area (Å²) in [5, 5.41) is 0. The number of halogens is 1. The number of imide groups is 1. The maximum atomic E-state index is 14.3. The summed E-state index contributed by atoms with van der Waals surface area (Å²) in [6, 6.07) is 9.40. The number of fused-ring (bicyclic) bond motifs is 1. The number of esters is 1. The summed E-state index contributed by atoms with van der Waals surface area (Å²) < 4.78 is 46.3. The number of amides is 2. The van der Waals surface area contributed by atoms with Crippen LogP contribution in [0.1, 0.15) is 50.3 Å². The Morgan fingerprint density at radius 2 is 1.59 bits per heavy atom. The van der Waals surface area contributed by atoms with Crippen LogP contribution in [0.25, 0.3) is 0 Å². The Morgan fingerprint density at radius 3 is 2.22 bits per heavy atom. The highest BCUT2D eigenvalue weighted by atomic mass is 32.2. The lowest BCUT2D eigenvalue weighted by atomic mass is 10.1. The number of piperidine rings is 1. The van der Waals surface area contributed by atoms with Crippen LogP contribution in [0.15, 0.2) is 47.4 Å². The van der Waals surface area contributed by atoms with Gasteiger partial charge in [-0.05, 0) is 43.2 Å². The number of hydrogen-bond donors (Lipinski definition) is 0. The molecule has 2 aromatic rings. The number of sulfonamides is 1. The largest absolute Gasteiger partial charge is 0.460 e. The molecule has 0 saturated carbocycles. The minimum Gasteiger partial charge on any atom is -0.460 e. The number of benzene rings is 2. The van der Waals surface area contributed by atoms with E-state index in [0.717, 1.165) is 29.5 Å². The fourth-order valence-electron chi connectivity index (χ4n) is 3.83. The molecule has 8 nitrogen and oxygen atoms in total. The highest BCUT2D eigenvalue weighted by Gasteiger charge is 2.35. The van der Waals surface area contributed by atoms with E-state index in [-0.39, 0.29) is 29.8 Å². The van der Waals surface area contributed by atoms with Gasteiger partial charge in [0.15, 0.2) is 0 Å². The number of hydrogen-bond acceptors (Lipinski definition) is 6. The van der Waals surface area contributed by atoms with Crippen LogP contribution in [-0.4, -0.2) is 61.6 Å². The molecule has 1 saturated heterocycles. The predicted octanol–water partition coefficient (Wildman–Crippen LogP) is 2.45. The van der Waals surface area contributed by atoms with E-state index in [2.05, 4.69) is 0 Å². The molecule has 2 heterocycles. The zero-order chi connectivity index (χ0) is 22.9. The van der Waals surface area contributed by atoms with Gasteiger partial charge in [0, 0.05) is 13.1 Å². The van der Waals surface area contributed by atoms with Gasteiger partial charge in [-0.1, -0.05) is 18.6 Å². The van der Waals surface area contributed by atoms with Crippen LogP contribution in [0.3, 0.4) is 0 Å². The van der Waals surface area contributed by atoms with Crippen LogP contribution in [0.2, 0.25) is 0 Å². The topological polar surface area (TPSA) is 101 Å². The average molecular weight is 460 g/mol. The van der Waals surface area contributed by atoms with Crippen molar-refractivity contribution in [2.24, 2.45) is 0 Å². The van der Waals surface area contributed by atoms with Gasteiger partial charge in [-0.25, -0.2) is 17.6 Å². The molecular formula is C22H21FN2O6S. The molecule has 0 bridgehead atoms. The highest BCUT2D eigenvalue weighted by Crippen LogP contribution is 2.25. The summed E-state index contributed by atoms with van der Waals surface area (Å²) in [5.41, 5.74) is 0.439. The minimum absolute atomic E-state index is 0.135. The fraction of sp³-hybridized carbons (Fsp3) is 0.318. The monoisotopic (exact) mass is 460 g/mol. The van der Waals surface area contributed by atoms with Gasteiger partial charge < -0.3 is 4.74 Å². The molecule has 0 unspecified atom stereocenters. The molecule has 4 rings (SSSR count). The molecule has 2 aromatic carbocycles. The van der Waals surface area contributed by atoms with E-state index in [4.69, 9.17) is 4.74 Å². The van der Waals surface area contributed by atoms with E-state index < -0.39 is 38.5 Å². The van der Waals surface area contributed by atoms with Gasteiger partial charge in [0.2, 0.25) is 10.0 Å². The predicted molar refractivity (Wildman–Crippen MR) is 111 cm³/mol. The number of rotatable bonds is 6. The van der Waals surface area contributed by atoms with Gasteiger partial charge in [-0.3, -0.25) is 14.5 Å². The van der Waals surface area contributed by atoms with Gasteiger partial charge in [-0.15, -0.1) is 0 Å². The van der Waals surface area contributed by atoms with E-state index in [1.165, 1.54) is 4.31 Å². The van der Waals surface area contributed by atoms with Gasteiger partial charge in [0.05, 0.1) is 23.2 Å². The standard InChI is InChI=1S/C22H21FN2O6S/c23-18-9-8-15(14-19(18)32(29,30)24-10-4-1-5-11-24)22(28)31-13-12-25-20(26)16-6-2-3-7-17(16)21(25)27/h2-3,6-9,14H,1,4-5,10-13H2. The van der Waals surface area contributed by atoms with Crippen molar-refractivity contribution in [3.8, 4) is 0 Å². The van der Waals surface area contributed by atoms with Crippen molar-refractivity contribution < 1.29 is 31.9 Å². The van der Waals surface area contributed by atoms with E-state index in [0.29, 0.717) is 25.9 Å². The molecule has 32 heavy (non-hydrogen) atoms. The number of carbonyl (C=O) groups is 3. The van der Waals surface area contributed by atoms with Gasteiger partial charge in [0.1, 0.15) is 17.3 Å². The summed E-state index contributed by atoms with van der Waals surface area (Å²) in [4.78, 5) is 37.5. The lowest BCUT2D eigenvalue weighted by Crippen LogP contribution is -2.36. The maximum Gasteiger partial charge on any atom is 0.338 e. The fourth-order valence-corrected chi connectivity index (χ4v) is 5.43.